The summed E-state index contributed by atoms with van der Waals surface area (Å²) in [7, 11) is 0. The van der Waals surface area contributed by atoms with Crippen LogP contribution in [0.2, 0.25) is 0 Å². The molecular formula is C17H16FN3O2. The van der Waals surface area contributed by atoms with Crippen molar-refractivity contribution in [3.8, 4) is 0 Å². The number of hydrogen-bond donors (Lipinski definition) is 2. The maximum Gasteiger partial charge on any atom is 0.247 e. The highest BCUT2D eigenvalue weighted by Crippen LogP contribution is 2.49. The van der Waals surface area contributed by atoms with Gasteiger partial charge in [0.2, 0.25) is 11.8 Å². The predicted molar refractivity (Wildman–Crippen MR) is 85.3 cm³/mol. The molecule has 2 aromatic carbocycles. The fraction of sp³-hybridized carbons (Fsp3) is 0.176. The van der Waals surface area contributed by atoms with Crippen molar-refractivity contribution in [3.05, 3.63) is 54.3 Å². The Labute approximate surface area is 132 Å². The van der Waals surface area contributed by atoms with E-state index in [9.17, 15) is 14.0 Å². The smallest absolute Gasteiger partial charge is 0.247 e. The summed E-state index contributed by atoms with van der Waals surface area (Å²) in [5.74, 6) is -1.75. The average Bonchev–Trinajstić information content (AvgIpc) is 3.33. The Balaban J connectivity index is 2.11. The van der Waals surface area contributed by atoms with Crippen LogP contribution in [0.3, 0.4) is 0 Å². The standard InChI is InChI=1S/C17H16FN3O2/c18-13-3-1-2-4-14(13)21(12-7-5-11(19)6-8-12)16(23)17(9-10-17)15(20)22/h1-8H,9-10,19H2,(H2,20,22). The number of halogens is 1. The number of carbonyl (C=O) groups is 2. The van der Waals surface area contributed by atoms with Crippen molar-refractivity contribution in [2.75, 3.05) is 10.6 Å². The zero-order valence-corrected chi connectivity index (χ0v) is 12.3. The molecule has 0 aliphatic heterocycles. The van der Waals surface area contributed by atoms with E-state index in [1.165, 1.54) is 23.1 Å². The third-order valence-electron chi connectivity index (χ3n) is 4.08. The van der Waals surface area contributed by atoms with Gasteiger partial charge in [0.25, 0.3) is 0 Å². The molecule has 3 rings (SSSR count). The van der Waals surface area contributed by atoms with Crippen molar-refractivity contribution in [2.45, 2.75) is 12.8 Å². The van der Waals surface area contributed by atoms with E-state index in [-0.39, 0.29) is 5.69 Å². The van der Waals surface area contributed by atoms with Crippen LogP contribution >= 0.6 is 0 Å². The minimum atomic E-state index is -1.25. The summed E-state index contributed by atoms with van der Waals surface area (Å²) in [6.07, 6.45) is 0.752. The largest absolute Gasteiger partial charge is 0.399 e. The quantitative estimate of drug-likeness (QED) is 0.670. The summed E-state index contributed by atoms with van der Waals surface area (Å²) in [6, 6.07) is 12.3. The van der Waals surface area contributed by atoms with E-state index in [0.29, 0.717) is 24.2 Å². The Kier molecular flexibility index (Phi) is 3.52. The van der Waals surface area contributed by atoms with Gasteiger partial charge in [-0.25, -0.2) is 4.39 Å². The van der Waals surface area contributed by atoms with E-state index < -0.39 is 23.0 Å². The van der Waals surface area contributed by atoms with Crippen molar-refractivity contribution in [3.63, 3.8) is 0 Å². The zero-order chi connectivity index (χ0) is 16.6. The molecule has 0 bridgehead atoms. The van der Waals surface area contributed by atoms with E-state index in [0.717, 1.165) is 0 Å². The fourth-order valence-corrected chi connectivity index (χ4v) is 2.53. The molecule has 2 amide bonds. The second-order valence-corrected chi connectivity index (χ2v) is 5.63. The van der Waals surface area contributed by atoms with Crippen LogP contribution in [0.1, 0.15) is 12.8 Å². The summed E-state index contributed by atoms with van der Waals surface area (Å²) < 4.78 is 14.2. The first-order valence-corrected chi connectivity index (χ1v) is 7.20. The molecule has 0 heterocycles. The second-order valence-electron chi connectivity index (χ2n) is 5.63. The number of anilines is 3. The average molecular weight is 313 g/mol. The van der Waals surface area contributed by atoms with Crippen LogP contribution in [0, 0.1) is 11.2 Å². The molecule has 1 fully saturated rings. The highest BCUT2D eigenvalue weighted by Gasteiger charge is 2.57. The molecule has 1 aliphatic rings. The molecule has 0 unspecified atom stereocenters. The van der Waals surface area contributed by atoms with Gasteiger partial charge in [-0.2, -0.15) is 0 Å². The van der Waals surface area contributed by atoms with Crippen molar-refractivity contribution >= 4 is 28.9 Å². The van der Waals surface area contributed by atoms with Crippen LogP contribution in [0.15, 0.2) is 48.5 Å². The minimum absolute atomic E-state index is 0.0785. The van der Waals surface area contributed by atoms with Gasteiger partial charge in [-0.05, 0) is 49.2 Å². The number of carbonyl (C=O) groups excluding carboxylic acids is 2. The summed E-state index contributed by atoms with van der Waals surface area (Å²) in [4.78, 5) is 25.8. The van der Waals surface area contributed by atoms with Crippen LogP contribution in [0.4, 0.5) is 21.5 Å². The highest BCUT2D eigenvalue weighted by atomic mass is 19.1. The van der Waals surface area contributed by atoms with Gasteiger partial charge in [-0.3, -0.25) is 14.5 Å². The number of nitrogen functional groups attached to an aromatic ring is 1. The van der Waals surface area contributed by atoms with Crippen LogP contribution in [-0.4, -0.2) is 11.8 Å². The van der Waals surface area contributed by atoms with Crippen molar-refractivity contribution in [1.29, 1.82) is 0 Å². The Morgan fingerprint density at radius 1 is 1.04 bits per heavy atom. The molecule has 0 saturated heterocycles. The van der Waals surface area contributed by atoms with Gasteiger partial charge in [0.15, 0.2) is 0 Å². The Morgan fingerprint density at radius 3 is 2.17 bits per heavy atom. The number of para-hydroxylation sites is 1. The van der Waals surface area contributed by atoms with Crippen LogP contribution in [-0.2, 0) is 9.59 Å². The van der Waals surface area contributed by atoms with E-state index >= 15 is 0 Å². The van der Waals surface area contributed by atoms with Gasteiger partial charge in [0.05, 0.1) is 5.69 Å². The molecule has 0 aromatic heterocycles. The summed E-state index contributed by atoms with van der Waals surface area (Å²) in [5, 5.41) is 0. The molecule has 0 radical (unpaired) electrons. The SMILES string of the molecule is NC(=O)C1(C(=O)N(c2ccc(N)cc2)c2ccccc2F)CC1. The number of nitrogens with zero attached hydrogens (tertiary/aromatic N) is 1. The molecule has 0 atom stereocenters. The van der Waals surface area contributed by atoms with Crippen LogP contribution < -0.4 is 16.4 Å². The lowest BCUT2D eigenvalue weighted by Crippen LogP contribution is -2.41. The number of benzene rings is 2. The van der Waals surface area contributed by atoms with Gasteiger partial charge in [-0.15, -0.1) is 0 Å². The molecule has 6 heteroatoms. The molecule has 1 aliphatic carbocycles. The monoisotopic (exact) mass is 313 g/mol. The third kappa shape index (κ3) is 2.52. The molecule has 1 saturated carbocycles. The third-order valence-corrected chi connectivity index (χ3v) is 4.08. The molecule has 118 valence electrons. The molecule has 5 nitrogen and oxygen atoms in total. The van der Waals surface area contributed by atoms with Crippen LogP contribution in [0.25, 0.3) is 0 Å². The lowest BCUT2D eigenvalue weighted by molar-refractivity contribution is -0.133. The Hall–Kier alpha value is -2.89. The molecule has 23 heavy (non-hydrogen) atoms. The second kappa shape index (κ2) is 5.39. The fourth-order valence-electron chi connectivity index (χ4n) is 2.53. The molecular weight excluding hydrogens is 297 g/mol. The van der Waals surface area contributed by atoms with Gasteiger partial charge in [0.1, 0.15) is 11.2 Å². The van der Waals surface area contributed by atoms with Crippen molar-refractivity contribution < 1.29 is 14.0 Å². The number of nitrogens with two attached hydrogens (primary N) is 2. The number of hydrogen-bond acceptors (Lipinski definition) is 3. The molecule has 2 aromatic rings. The first-order valence-electron chi connectivity index (χ1n) is 7.20. The lowest BCUT2D eigenvalue weighted by atomic mass is 10.0. The Bertz CT molecular complexity index is 770. The van der Waals surface area contributed by atoms with Crippen molar-refractivity contribution in [2.24, 2.45) is 11.1 Å². The van der Waals surface area contributed by atoms with Crippen molar-refractivity contribution in [1.82, 2.24) is 0 Å². The normalized spacial score (nSPS) is 15.0. The van der Waals surface area contributed by atoms with E-state index in [1.807, 2.05) is 0 Å². The van der Waals surface area contributed by atoms with E-state index in [4.69, 9.17) is 11.5 Å². The minimum Gasteiger partial charge on any atom is -0.399 e. The maximum absolute atomic E-state index is 14.2. The number of primary amides is 1. The van der Waals surface area contributed by atoms with E-state index in [1.54, 1.807) is 30.3 Å². The molecule has 4 N–H and O–H groups in total. The first-order chi connectivity index (χ1) is 11.0. The predicted octanol–water partition coefficient (Wildman–Crippen LogP) is 2.34. The lowest BCUT2D eigenvalue weighted by Gasteiger charge is -2.26. The Morgan fingerprint density at radius 2 is 1.65 bits per heavy atom. The summed E-state index contributed by atoms with van der Waals surface area (Å²) >= 11 is 0. The van der Waals surface area contributed by atoms with E-state index in [2.05, 4.69) is 0 Å². The maximum atomic E-state index is 14.2. The summed E-state index contributed by atoms with van der Waals surface area (Å²) in [5.41, 5.74) is 10.8. The highest BCUT2D eigenvalue weighted by molar-refractivity contribution is 6.16. The van der Waals surface area contributed by atoms with Gasteiger partial charge in [-0.1, -0.05) is 12.1 Å². The van der Waals surface area contributed by atoms with Gasteiger partial charge in [0, 0.05) is 11.4 Å². The topological polar surface area (TPSA) is 89.4 Å². The zero-order valence-electron chi connectivity index (χ0n) is 12.3. The van der Waals surface area contributed by atoms with Gasteiger partial charge < -0.3 is 11.5 Å². The number of rotatable bonds is 4. The molecule has 0 spiro atoms. The van der Waals surface area contributed by atoms with Gasteiger partial charge >= 0.3 is 0 Å². The number of amides is 2. The first kappa shape index (κ1) is 15.0. The van der Waals surface area contributed by atoms with Crippen LogP contribution in [0.5, 0.6) is 0 Å². The summed E-state index contributed by atoms with van der Waals surface area (Å²) in [6.45, 7) is 0.